The van der Waals surface area contributed by atoms with Gasteiger partial charge in [0, 0.05) is 17.9 Å². The second-order valence-corrected chi connectivity index (χ2v) is 10.3. The van der Waals surface area contributed by atoms with Gasteiger partial charge >= 0.3 is 5.97 Å². The minimum absolute atomic E-state index is 0.0451. The number of esters is 1. The molecule has 0 aliphatic heterocycles. The molecular weight excluding hydrogens is 478 g/mol. The third-order valence-electron chi connectivity index (χ3n) is 6.02. The van der Waals surface area contributed by atoms with Crippen molar-refractivity contribution in [1.29, 1.82) is 0 Å². The SMILES string of the molecule is CCOC(=O)c1c(-c2ccccc2)oc2ccc(N(C(C)=O)S(=O)(=O)c3cc(C)c(C)cc3C)cc12. The molecule has 1 amide bonds. The van der Waals surface area contributed by atoms with Gasteiger partial charge in [0.1, 0.15) is 16.9 Å². The van der Waals surface area contributed by atoms with E-state index >= 15 is 0 Å². The highest BCUT2D eigenvalue weighted by atomic mass is 32.2. The number of aryl methyl sites for hydroxylation is 3. The van der Waals surface area contributed by atoms with Crippen LogP contribution in [0.1, 0.15) is 40.9 Å². The highest BCUT2D eigenvalue weighted by Gasteiger charge is 2.32. The van der Waals surface area contributed by atoms with Crippen LogP contribution in [0.2, 0.25) is 0 Å². The first-order valence-electron chi connectivity index (χ1n) is 11.5. The molecule has 0 unspecified atom stereocenters. The molecule has 0 radical (unpaired) electrons. The number of ether oxygens (including phenoxy) is 1. The molecule has 0 atom stereocenters. The number of sulfonamides is 1. The van der Waals surface area contributed by atoms with Gasteiger partial charge in [0.05, 0.1) is 17.2 Å². The molecule has 0 saturated heterocycles. The van der Waals surface area contributed by atoms with E-state index in [1.807, 2.05) is 32.0 Å². The standard InChI is InChI=1S/C28H27NO6S/c1-6-34-28(31)26-23-16-22(12-13-24(23)35-27(26)21-10-8-7-9-11-21)29(20(5)30)36(32,33)25-15-18(3)17(2)14-19(25)4/h7-16H,6H2,1-5H3. The van der Waals surface area contributed by atoms with E-state index in [2.05, 4.69) is 0 Å². The number of anilines is 1. The van der Waals surface area contributed by atoms with E-state index in [4.69, 9.17) is 9.15 Å². The Balaban J connectivity index is 1.95. The lowest BCUT2D eigenvalue weighted by molar-refractivity contribution is -0.115. The second-order valence-electron chi connectivity index (χ2n) is 8.56. The number of carbonyl (C=O) groups excluding carboxylic acids is 2. The topological polar surface area (TPSA) is 93.9 Å². The van der Waals surface area contributed by atoms with Crippen LogP contribution in [-0.4, -0.2) is 26.9 Å². The monoisotopic (exact) mass is 505 g/mol. The summed E-state index contributed by atoms with van der Waals surface area (Å²) in [6.45, 7) is 8.45. The van der Waals surface area contributed by atoms with E-state index in [9.17, 15) is 18.0 Å². The van der Waals surface area contributed by atoms with Crippen molar-refractivity contribution >= 4 is 38.6 Å². The molecule has 0 saturated carbocycles. The van der Waals surface area contributed by atoms with Crippen LogP contribution in [0.15, 0.2) is 70.0 Å². The van der Waals surface area contributed by atoms with Crippen LogP contribution in [0.3, 0.4) is 0 Å². The van der Waals surface area contributed by atoms with Crippen molar-refractivity contribution in [3.05, 3.63) is 82.9 Å². The van der Waals surface area contributed by atoms with Crippen LogP contribution in [0.5, 0.6) is 0 Å². The van der Waals surface area contributed by atoms with E-state index in [1.165, 1.54) is 19.1 Å². The van der Waals surface area contributed by atoms with Gasteiger partial charge in [-0.1, -0.05) is 36.4 Å². The van der Waals surface area contributed by atoms with Crippen molar-refractivity contribution in [2.75, 3.05) is 10.9 Å². The van der Waals surface area contributed by atoms with Gasteiger partial charge < -0.3 is 9.15 Å². The van der Waals surface area contributed by atoms with Crippen molar-refractivity contribution in [2.24, 2.45) is 0 Å². The fraction of sp³-hybridized carbons (Fsp3) is 0.214. The summed E-state index contributed by atoms with van der Waals surface area (Å²) in [7, 11) is -4.24. The molecule has 0 fully saturated rings. The fourth-order valence-corrected chi connectivity index (χ4v) is 5.93. The van der Waals surface area contributed by atoms with Gasteiger partial charge in [-0.25, -0.2) is 17.5 Å². The zero-order chi connectivity index (χ0) is 26.2. The quantitative estimate of drug-likeness (QED) is 0.301. The van der Waals surface area contributed by atoms with E-state index < -0.39 is 21.9 Å². The summed E-state index contributed by atoms with van der Waals surface area (Å²) in [6, 6.07) is 17.0. The van der Waals surface area contributed by atoms with Crippen LogP contribution < -0.4 is 4.31 Å². The van der Waals surface area contributed by atoms with E-state index in [-0.39, 0.29) is 22.8 Å². The Labute approximate surface area is 210 Å². The van der Waals surface area contributed by atoms with Crippen LogP contribution in [-0.2, 0) is 19.6 Å². The number of amides is 1. The summed E-state index contributed by atoms with van der Waals surface area (Å²) < 4.78 is 39.5. The molecule has 1 aromatic heterocycles. The summed E-state index contributed by atoms with van der Waals surface area (Å²) in [6.07, 6.45) is 0. The average molecular weight is 506 g/mol. The second kappa shape index (κ2) is 9.62. The number of fused-ring (bicyclic) bond motifs is 1. The minimum atomic E-state index is -4.24. The largest absolute Gasteiger partial charge is 0.462 e. The number of furan rings is 1. The van der Waals surface area contributed by atoms with Gasteiger partial charge in [0.2, 0.25) is 5.91 Å². The molecule has 3 aromatic carbocycles. The summed E-state index contributed by atoms with van der Waals surface area (Å²) in [5.74, 6) is -0.977. The van der Waals surface area contributed by atoms with Gasteiger partial charge in [-0.2, -0.15) is 0 Å². The molecule has 4 aromatic rings. The maximum Gasteiger partial charge on any atom is 0.342 e. The smallest absolute Gasteiger partial charge is 0.342 e. The maximum absolute atomic E-state index is 13.7. The van der Waals surface area contributed by atoms with Gasteiger partial charge in [0.25, 0.3) is 10.0 Å². The Morgan fingerprint density at radius 3 is 2.22 bits per heavy atom. The summed E-state index contributed by atoms with van der Waals surface area (Å²) in [5, 5.41) is 0.350. The molecule has 186 valence electrons. The Kier molecular flexibility index (Phi) is 6.73. The van der Waals surface area contributed by atoms with Crippen molar-refractivity contribution < 1.29 is 27.2 Å². The predicted molar refractivity (Wildman–Crippen MR) is 139 cm³/mol. The van der Waals surface area contributed by atoms with E-state index in [0.717, 1.165) is 15.4 Å². The van der Waals surface area contributed by atoms with Gasteiger partial charge in [-0.05, 0) is 68.7 Å². The fourth-order valence-electron chi connectivity index (χ4n) is 4.21. The Bertz CT molecular complexity index is 1590. The lowest BCUT2D eigenvalue weighted by atomic mass is 10.1. The van der Waals surface area contributed by atoms with E-state index in [1.54, 1.807) is 44.2 Å². The highest BCUT2D eigenvalue weighted by molar-refractivity contribution is 7.93. The van der Waals surface area contributed by atoms with Crippen LogP contribution in [0.4, 0.5) is 5.69 Å². The molecule has 0 N–H and O–H groups in total. The van der Waals surface area contributed by atoms with Crippen LogP contribution in [0.25, 0.3) is 22.3 Å². The zero-order valence-corrected chi connectivity index (χ0v) is 21.6. The minimum Gasteiger partial charge on any atom is -0.462 e. The third-order valence-corrected chi connectivity index (χ3v) is 7.96. The maximum atomic E-state index is 13.7. The molecule has 8 heteroatoms. The lowest BCUT2D eigenvalue weighted by Gasteiger charge is -2.23. The highest BCUT2D eigenvalue weighted by Crippen LogP contribution is 2.37. The molecule has 1 heterocycles. The zero-order valence-electron chi connectivity index (χ0n) is 20.8. The number of hydrogen-bond acceptors (Lipinski definition) is 6. The Morgan fingerprint density at radius 2 is 1.58 bits per heavy atom. The molecule has 36 heavy (non-hydrogen) atoms. The van der Waals surface area contributed by atoms with Crippen LogP contribution >= 0.6 is 0 Å². The van der Waals surface area contributed by atoms with Crippen LogP contribution in [0, 0.1) is 20.8 Å². The van der Waals surface area contributed by atoms with Gasteiger partial charge in [-0.15, -0.1) is 0 Å². The lowest BCUT2D eigenvalue weighted by Crippen LogP contribution is -2.35. The van der Waals surface area contributed by atoms with Crippen molar-refractivity contribution in [1.82, 2.24) is 0 Å². The number of hydrogen-bond donors (Lipinski definition) is 0. The first-order valence-corrected chi connectivity index (χ1v) is 12.9. The predicted octanol–water partition coefficient (Wildman–Crippen LogP) is 5.94. The summed E-state index contributed by atoms with van der Waals surface area (Å²) >= 11 is 0. The first kappa shape index (κ1) is 25.2. The summed E-state index contributed by atoms with van der Waals surface area (Å²) in [4.78, 5) is 25.8. The van der Waals surface area contributed by atoms with Crippen molar-refractivity contribution in [2.45, 2.75) is 39.5 Å². The Morgan fingerprint density at radius 1 is 0.917 bits per heavy atom. The van der Waals surface area contributed by atoms with Gasteiger partial charge in [-0.3, -0.25) is 4.79 Å². The van der Waals surface area contributed by atoms with E-state index in [0.29, 0.717) is 27.9 Å². The molecule has 0 aliphatic rings. The molecule has 0 bridgehead atoms. The molecular formula is C28H27NO6S. The summed E-state index contributed by atoms with van der Waals surface area (Å²) in [5.41, 5.74) is 3.58. The Hall–Kier alpha value is -3.91. The molecule has 4 rings (SSSR count). The van der Waals surface area contributed by atoms with Crippen molar-refractivity contribution in [3.63, 3.8) is 0 Å². The third kappa shape index (κ3) is 4.40. The number of nitrogens with zero attached hydrogens (tertiary/aromatic N) is 1. The number of benzene rings is 3. The molecule has 7 nitrogen and oxygen atoms in total. The molecule has 0 aliphatic carbocycles. The van der Waals surface area contributed by atoms with Gasteiger partial charge in [0.15, 0.2) is 0 Å². The molecule has 0 spiro atoms. The van der Waals surface area contributed by atoms with Crippen molar-refractivity contribution in [3.8, 4) is 11.3 Å². The first-order chi connectivity index (χ1) is 17.1. The normalized spacial score (nSPS) is 11.5. The number of carbonyl (C=O) groups is 2. The average Bonchev–Trinajstić information content (AvgIpc) is 3.20. The number of rotatable bonds is 6.